The van der Waals surface area contributed by atoms with Crippen molar-refractivity contribution in [2.75, 3.05) is 5.32 Å². The summed E-state index contributed by atoms with van der Waals surface area (Å²) >= 11 is 3.28. The van der Waals surface area contributed by atoms with E-state index < -0.39 is 11.9 Å². The molecule has 6 heteroatoms. The largest absolute Gasteiger partial charge is 0.478 e. The summed E-state index contributed by atoms with van der Waals surface area (Å²) in [4.78, 5) is 27.8. The number of aryl methyl sites for hydroxylation is 2. The Hall–Kier alpha value is -2.21. The van der Waals surface area contributed by atoms with Crippen molar-refractivity contribution >= 4 is 33.5 Å². The second-order valence-electron chi connectivity index (χ2n) is 4.56. The van der Waals surface area contributed by atoms with Crippen molar-refractivity contribution in [1.29, 1.82) is 0 Å². The zero-order valence-electron chi connectivity index (χ0n) is 11.5. The summed E-state index contributed by atoms with van der Waals surface area (Å²) in [6, 6.07) is 5.06. The third kappa shape index (κ3) is 3.11. The van der Waals surface area contributed by atoms with E-state index in [1.807, 2.05) is 0 Å². The lowest BCUT2D eigenvalue weighted by molar-refractivity contribution is 0.0691. The first-order valence-corrected chi connectivity index (χ1v) is 6.95. The highest BCUT2D eigenvalue weighted by molar-refractivity contribution is 9.10. The molecule has 1 amide bonds. The fraction of sp³-hybridized carbons (Fsp3) is 0.133. The van der Waals surface area contributed by atoms with Crippen LogP contribution in [0.1, 0.15) is 31.8 Å². The number of rotatable bonds is 3. The highest BCUT2D eigenvalue weighted by Gasteiger charge is 2.21. The Morgan fingerprint density at radius 2 is 1.76 bits per heavy atom. The number of halogens is 1. The van der Waals surface area contributed by atoms with E-state index in [1.165, 1.54) is 0 Å². The third-order valence-electron chi connectivity index (χ3n) is 3.08. The minimum atomic E-state index is -1.12. The topological polar surface area (TPSA) is 79.3 Å². The monoisotopic (exact) mass is 348 g/mol. The zero-order chi connectivity index (χ0) is 15.6. The van der Waals surface area contributed by atoms with Crippen LogP contribution < -0.4 is 5.32 Å². The van der Waals surface area contributed by atoms with Gasteiger partial charge in [0.25, 0.3) is 5.91 Å². The number of nitrogens with zero attached hydrogens (tertiary/aromatic N) is 1. The van der Waals surface area contributed by atoms with Crippen molar-refractivity contribution < 1.29 is 14.7 Å². The van der Waals surface area contributed by atoms with Gasteiger partial charge in [0, 0.05) is 12.4 Å². The molecule has 0 spiro atoms. The number of hydrogen-bond donors (Lipinski definition) is 2. The number of hydrogen-bond acceptors (Lipinski definition) is 3. The first-order valence-electron chi connectivity index (χ1n) is 6.16. The van der Waals surface area contributed by atoms with E-state index in [2.05, 4.69) is 26.2 Å². The van der Waals surface area contributed by atoms with Crippen molar-refractivity contribution in [3.05, 3.63) is 57.3 Å². The van der Waals surface area contributed by atoms with Crippen molar-refractivity contribution in [3.8, 4) is 0 Å². The standard InChI is InChI=1S/C15H13BrN2O3/c1-8-3-4-9(2)13(15(20)21)12(8)14(19)18-11-5-6-17-7-10(11)16/h3-7H,1-2H3,(H,20,21)(H,17,18,19). The molecule has 1 aromatic carbocycles. The summed E-state index contributed by atoms with van der Waals surface area (Å²) in [5.41, 5.74) is 1.89. The molecule has 108 valence electrons. The Bertz CT molecular complexity index is 729. The predicted octanol–water partition coefficient (Wildman–Crippen LogP) is 3.41. The summed E-state index contributed by atoms with van der Waals surface area (Å²) < 4.78 is 0.625. The molecule has 2 aromatic rings. The molecule has 5 nitrogen and oxygen atoms in total. The number of aromatic carboxylic acids is 1. The van der Waals surface area contributed by atoms with Crippen LogP contribution in [0.4, 0.5) is 5.69 Å². The third-order valence-corrected chi connectivity index (χ3v) is 3.72. The van der Waals surface area contributed by atoms with Crippen LogP contribution in [0.3, 0.4) is 0 Å². The van der Waals surface area contributed by atoms with Gasteiger partial charge in [-0.05, 0) is 47.0 Å². The van der Waals surface area contributed by atoms with E-state index in [1.54, 1.807) is 44.4 Å². The second-order valence-corrected chi connectivity index (χ2v) is 5.42. The number of amides is 1. The maximum absolute atomic E-state index is 12.4. The van der Waals surface area contributed by atoms with Gasteiger partial charge in [-0.1, -0.05) is 12.1 Å². The van der Waals surface area contributed by atoms with Gasteiger partial charge >= 0.3 is 5.97 Å². The maximum Gasteiger partial charge on any atom is 0.336 e. The summed E-state index contributed by atoms with van der Waals surface area (Å²) in [7, 11) is 0. The molecule has 0 saturated carbocycles. The minimum Gasteiger partial charge on any atom is -0.478 e. The number of aromatic nitrogens is 1. The van der Waals surface area contributed by atoms with Gasteiger partial charge in [-0.2, -0.15) is 0 Å². The van der Waals surface area contributed by atoms with Crippen LogP contribution in [-0.4, -0.2) is 22.0 Å². The van der Waals surface area contributed by atoms with Crippen LogP contribution in [-0.2, 0) is 0 Å². The minimum absolute atomic E-state index is 0.0256. The molecule has 0 aliphatic carbocycles. The van der Waals surface area contributed by atoms with E-state index in [4.69, 9.17) is 0 Å². The number of pyridine rings is 1. The molecular weight excluding hydrogens is 336 g/mol. The molecule has 0 atom stereocenters. The molecule has 21 heavy (non-hydrogen) atoms. The molecule has 0 saturated heterocycles. The Morgan fingerprint density at radius 1 is 1.14 bits per heavy atom. The molecule has 0 bridgehead atoms. The van der Waals surface area contributed by atoms with Crippen LogP contribution in [0.5, 0.6) is 0 Å². The van der Waals surface area contributed by atoms with Crippen molar-refractivity contribution in [2.45, 2.75) is 13.8 Å². The SMILES string of the molecule is Cc1ccc(C)c(C(=O)Nc2ccncc2Br)c1C(=O)O. The molecule has 1 heterocycles. The van der Waals surface area contributed by atoms with Gasteiger partial charge in [0.1, 0.15) is 0 Å². The van der Waals surface area contributed by atoms with Gasteiger partial charge in [0.05, 0.1) is 21.3 Å². The van der Waals surface area contributed by atoms with Gasteiger partial charge in [-0.15, -0.1) is 0 Å². The number of carboxylic acids is 1. The molecule has 0 radical (unpaired) electrons. The average molecular weight is 349 g/mol. The number of carbonyl (C=O) groups excluding carboxylic acids is 1. The van der Waals surface area contributed by atoms with Gasteiger partial charge in [-0.3, -0.25) is 9.78 Å². The quantitative estimate of drug-likeness (QED) is 0.890. The first-order chi connectivity index (χ1) is 9.91. The highest BCUT2D eigenvalue weighted by atomic mass is 79.9. The number of carbonyl (C=O) groups is 2. The number of benzene rings is 1. The summed E-state index contributed by atoms with van der Waals surface area (Å²) in [6.45, 7) is 3.38. The van der Waals surface area contributed by atoms with Gasteiger partial charge in [-0.25, -0.2) is 4.79 Å². The predicted molar refractivity (Wildman–Crippen MR) is 82.8 cm³/mol. The molecule has 2 rings (SSSR count). The Labute approximate surface area is 130 Å². The Morgan fingerprint density at radius 3 is 2.33 bits per heavy atom. The lowest BCUT2D eigenvalue weighted by atomic mass is 9.96. The van der Waals surface area contributed by atoms with E-state index in [9.17, 15) is 14.7 Å². The zero-order valence-corrected chi connectivity index (χ0v) is 13.1. The van der Waals surface area contributed by atoms with Gasteiger partial charge in [0.15, 0.2) is 0 Å². The fourth-order valence-electron chi connectivity index (χ4n) is 2.04. The van der Waals surface area contributed by atoms with Gasteiger partial charge < -0.3 is 10.4 Å². The summed E-state index contributed by atoms with van der Waals surface area (Å²) in [5.74, 6) is -1.57. The van der Waals surface area contributed by atoms with Crippen LogP contribution >= 0.6 is 15.9 Å². The fourth-order valence-corrected chi connectivity index (χ4v) is 2.39. The van der Waals surface area contributed by atoms with E-state index in [0.29, 0.717) is 21.3 Å². The molecule has 0 aliphatic heterocycles. The van der Waals surface area contributed by atoms with Crippen molar-refractivity contribution in [2.24, 2.45) is 0 Å². The molecule has 0 unspecified atom stereocenters. The molecule has 1 aromatic heterocycles. The van der Waals surface area contributed by atoms with Crippen molar-refractivity contribution in [3.63, 3.8) is 0 Å². The smallest absolute Gasteiger partial charge is 0.336 e. The van der Waals surface area contributed by atoms with Crippen LogP contribution in [0.25, 0.3) is 0 Å². The van der Waals surface area contributed by atoms with E-state index in [0.717, 1.165) is 0 Å². The lowest BCUT2D eigenvalue weighted by Gasteiger charge is -2.13. The van der Waals surface area contributed by atoms with Crippen molar-refractivity contribution in [1.82, 2.24) is 4.98 Å². The summed E-state index contributed by atoms with van der Waals surface area (Å²) in [6.07, 6.45) is 3.10. The number of anilines is 1. The van der Waals surface area contributed by atoms with E-state index >= 15 is 0 Å². The number of nitrogens with one attached hydrogen (secondary N) is 1. The average Bonchev–Trinajstić information content (AvgIpc) is 2.43. The van der Waals surface area contributed by atoms with Crippen LogP contribution in [0.2, 0.25) is 0 Å². The highest BCUT2D eigenvalue weighted by Crippen LogP contribution is 2.24. The first kappa shape index (κ1) is 15.2. The molecule has 2 N–H and O–H groups in total. The maximum atomic E-state index is 12.4. The molecule has 0 fully saturated rings. The summed E-state index contributed by atoms with van der Waals surface area (Å²) in [5, 5.41) is 12.0. The number of carboxylic acid groups (broad SMARTS) is 1. The Kier molecular flexibility index (Phi) is 4.37. The van der Waals surface area contributed by atoms with E-state index in [-0.39, 0.29) is 11.1 Å². The second kappa shape index (κ2) is 6.05. The van der Waals surface area contributed by atoms with Gasteiger partial charge in [0.2, 0.25) is 0 Å². The lowest BCUT2D eigenvalue weighted by Crippen LogP contribution is -2.19. The molecule has 0 aliphatic rings. The Balaban J connectivity index is 2.47. The normalized spacial score (nSPS) is 10.2. The van der Waals surface area contributed by atoms with Crippen LogP contribution in [0.15, 0.2) is 35.1 Å². The van der Waals surface area contributed by atoms with Crippen LogP contribution in [0, 0.1) is 13.8 Å². The molecular formula is C15H13BrN2O3.